The summed E-state index contributed by atoms with van der Waals surface area (Å²) in [5, 5.41) is 0.407. The molecule has 9 heteroatoms. The molecule has 1 spiro atoms. The van der Waals surface area contributed by atoms with Crippen molar-refractivity contribution in [3.63, 3.8) is 0 Å². The van der Waals surface area contributed by atoms with E-state index in [9.17, 15) is 4.79 Å². The third-order valence-electron chi connectivity index (χ3n) is 4.89. The molecule has 3 heterocycles. The van der Waals surface area contributed by atoms with E-state index < -0.39 is 5.41 Å². The van der Waals surface area contributed by atoms with Crippen molar-refractivity contribution in [3.05, 3.63) is 45.7 Å². The Labute approximate surface area is 177 Å². The van der Waals surface area contributed by atoms with Gasteiger partial charge >= 0.3 is 0 Å². The predicted octanol–water partition coefficient (Wildman–Crippen LogP) is 3.58. The molecular weight excluding hydrogens is 421 g/mol. The Morgan fingerprint density at radius 2 is 1.72 bits per heavy atom. The third-order valence-corrected chi connectivity index (χ3v) is 5.46. The minimum atomic E-state index is -0.429. The number of carbonyl (C=O) groups is 1. The number of Topliss-reactive ketones (excluding diaryl/α,β-unsaturated/α-hetero) is 1. The number of pyridine rings is 1. The Hall–Kier alpha value is -2.06. The molecule has 1 fully saturated rings. The number of methoxy groups -OCH3 is 1. The summed E-state index contributed by atoms with van der Waals surface area (Å²) < 4.78 is 28.5. The van der Waals surface area contributed by atoms with Gasteiger partial charge in [0, 0.05) is 24.4 Å². The molecule has 0 aliphatic carbocycles. The lowest BCUT2D eigenvalue weighted by Gasteiger charge is -2.33. The lowest BCUT2D eigenvalue weighted by Crippen LogP contribution is -2.45. The number of hydrogen-bond donors (Lipinski definition) is 0. The molecule has 0 atom stereocenters. The zero-order chi connectivity index (χ0) is 20.4. The van der Waals surface area contributed by atoms with Gasteiger partial charge in [-0.05, 0) is 6.07 Å². The number of benzene rings is 1. The fraction of sp³-hybridized carbons (Fsp3) is 0.400. The molecule has 29 heavy (non-hydrogen) atoms. The number of ketones is 1. The maximum absolute atomic E-state index is 12.9. The van der Waals surface area contributed by atoms with Crippen LogP contribution in [0.5, 0.6) is 17.2 Å². The van der Waals surface area contributed by atoms with Gasteiger partial charge in [0.15, 0.2) is 17.3 Å². The summed E-state index contributed by atoms with van der Waals surface area (Å²) in [7, 11) is 1.55. The molecule has 2 aromatic rings. The van der Waals surface area contributed by atoms with E-state index in [1.54, 1.807) is 19.2 Å². The fourth-order valence-electron chi connectivity index (χ4n) is 3.40. The first-order valence-electron chi connectivity index (χ1n) is 8.96. The Morgan fingerprint density at radius 3 is 2.38 bits per heavy atom. The summed E-state index contributed by atoms with van der Waals surface area (Å²) in [5.41, 5.74) is 0.443. The third kappa shape index (κ3) is 4.00. The van der Waals surface area contributed by atoms with Crippen LogP contribution in [-0.4, -0.2) is 51.1 Å². The van der Waals surface area contributed by atoms with Crippen LogP contribution in [0.4, 0.5) is 0 Å². The van der Waals surface area contributed by atoms with Crippen LogP contribution in [0.1, 0.15) is 15.9 Å². The Morgan fingerprint density at radius 1 is 1.07 bits per heavy atom. The van der Waals surface area contributed by atoms with Gasteiger partial charge in [0.2, 0.25) is 5.75 Å². The first-order chi connectivity index (χ1) is 14.0. The molecule has 154 valence electrons. The average molecular weight is 440 g/mol. The van der Waals surface area contributed by atoms with Crippen molar-refractivity contribution in [2.45, 2.75) is 6.42 Å². The summed E-state index contributed by atoms with van der Waals surface area (Å²) in [6, 6.07) is 3.51. The van der Waals surface area contributed by atoms with E-state index in [2.05, 4.69) is 4.98 Å². The van der Waals surface area contributed by atoms with Gasteiger partial charge < -0.3 is 23.7 Å². The summed E-state index contributed by atoms with van der Waals surface area (Å²) in [6.07, 6.45) is 2.81. The van der Waals surface area contributed by atoms with E-state index in [0.29, 0.717) is 49.2 Å². The number of ether oxygens (including phenoxy) is 5. The lowest BCUT2D eigenvalue weighted by atomic mass is 9.92. The van der Waals surface area contributed by atoms with Crippen LogP contribution in [0.2, 0.25) is 10.0 Å². The van der Waals surface area contributed by atoms with Crippen LogP contribution in [0.3, 0.4) is 0 Å². The van der Waals surface area contributed by atoms with Gasteiger partial charge in [-0.1, -0.05) is 29.3 Å². The Bertz CT molecular complexity index is 909. The van der Waals surface area contributed by atoms with Crippen LogP contribution in [0, 0.1) is 5.41 Å². The molecule has 0 amide bonds. The molecule has 0 radical (unpaired) electrons. The second-order valence-electron chi connectivity index (χ2n) is 7.06. The zero-order valence-electron chi connectivity index (χ0n) is 15.7. The van der Waals surface area contributed by atoms with Crippen LogP contribution in [0.15, 0.2) is 24.5 Å². The molecule has 1 saturated heterocycles. The summed E-state index contributed by atoms with van der Waals surface area (Å²) in [5.74, 6) is 1.18. The maximum Gasteiger partial charge on any atom is 0.203 e. The lowest BCUT2D eigenvalue weighted by molar-refractivity contribution is -0.179. The summed E-state index contributed by atoms with van der Waals surface area (Å²) >= 11 is 12.3. The molecule has 0 unspecified atom stereocenters. The minimum absolute atomic E-state index is 0.0269. The molecule has 4 rings (SSSR count). The Balaban J connectivity index is 1.66. The first-order valence-corrected chi connectivity index (χ1v) is 9.72. The zero-order valence-corrected chi connectivity index (χ0v) is 17.2. The van der Waals surface area contributed by atoms with Crippen molar-refractivity contribution in [1.29, 1.82) is 0 Å². The number of carbonyl (C=O) groups excluding carboxylic acids is 1. The monoisotopic (exact) mass is 439 g/mol. The highest BCUT2D eigenvalue weighted by Crippen LogP contribution is 2.44. The largest absolute Gasteiger partial charge is 0.493 e. The molecule has 2 aliphatic rings. The topological polar surface area (TPSA) is 76.1 Å². The van der Waals surface area contributed by atoms with Crippen LogP contribution in [0.25, 0.3) is 0 Å². The Kier molecular flexibility index (Phi) is 5.83. The van der Waals surface area contributed by atoms with E-state index >= 15 is 0 Å². The number of halogens is 2. The molecule has 1 aromatic heterocycles. The predicted molar refractivity (Wildman–Crippen MR) is 105 cm³/mol. The van der Waals surface area contributed by atoms with E-state index in [1.807, 2.05) is 0 Å². The summed E-state index contributed by atoms with van der Waals surface area (Å²) in [6.45, 7) is 1.84. The van der Waals surface area contributed by atoms with Gasteiger partial charge in [0.25, 0.3) is 0 Å². The van der Waals surface area contributed by atoms with Gasteiger partial charge in [0.1, 0.15) is 20.0 Å². The molecule has 0 saturated carbocycles. The molecule has 0 N–H and O–H groups in total. The van der Waals surface area contributed by atoms with E-state index in [1.165, 1.54) is 12.4 Å². The smallest absolute Gasteiger partial charge is 0.203 e. The molecule has 0 bridgehead atoms. The van der Waals surface area contributed by atoms with Crippen molar-refractivity contribution in [3.8, 4) is 17.2 Å². The van der Waals surface area contributed by atoms with Gasteiger partial charge in [-0.3, -0.25) is 9.78 Å². The number of fused-ring (bicyclic) bond motifs is 1. The van der Waals surface area contributed by atoms with Crippen molar-refractivity contribution in [1.82, 2.24) is 4.98 Å². The van der Waals surface area contributed by atoms with Crippen LogP contribution < -0.4 is 14.2 Å². The van der Waals surface area contributed by atoms with Gasteiger partial charge in [-0.15, -0.1) is 0 Å². The maximum atomic E-state index is 12.9. The summed E-state index contributed by atoms with van der Waals surface area (Å²) in [4.78, 5) is 16.8. The van der Waals surface area contributed by atoms with Gasteiger partial charge in [-0.2, -0.15) is 0 Å². The second-order valence-corrected chi connectivity index (χ2v) is 7.87. The van der Waals surface area contributed by atoms with Crippen LogP contribution >= 0.6 is 23.2 Å². The molecule has 1 aromatic carbocycles. The first kappa shape index (κ1) is 20.2. The van der Waals surface area contributed by atoms with Crippen molar-refractivity contribution < 1.29 is 28.5 Å². The number of rotatable bonds is 4. The van der Waals surface area contributed by atoms with Crippen molar-refractivity contribution in [2.75, 3.05) is 40.3 Å². The van der Waals surface area contributed by atoms with Gasteiger partial charge in [-0.25, -0.2) is 0 Å². The minimum Gasteiger partial charge on any atom is -0.493 e. The number of aromatic nitrogens is 1. The average Bonchev–Trinajstić information content (AvgIpc) is 2.89. The highest BCUT2D eigenvalue weighted by atomic mass is 35.5. The standard InChI is InChI=1S/C20H19Cl2NO6/c1-25-16-3-2-12(4-15(24)17-13(21)5-23-6-14(17)22)18-19(16)29-10-20(9-28-18)7-26-11-27-8-20/h2-3,5-6H,4,7-11H2,1H3. The molecule has 7 nitrogen and oxygen atoms in total. The normalized spacial score (nSPS) is 17.6. The SMILES string of the molecule is COc1ccc(CC(=O)c2c(Cl)cncc2Cl)c2c1OCC1(COCOC1)CO2. The number of hydrogen-bond acceptors (Lipinski definition) is 7. The fourth-order valence-corrected chi connectivity index (χ4v) is 3.97. The molecule has 2 aliphatic heterocycles. The highest BCUT2D eigenvalue weighted by Gasteiger charge is 2.39. The highest BCUT2D eigenvalue weighted by molar-refractivity contribution is 6.39. The second kappa shape index (κ2) is 8.36. The van der Waals surface area contributed by atoms with E-state index in [0.717, 1.165) is 0 Å². The van der Waals surface area contributed by atoms with Crippen molar-refractivity contribution in [2.24, 2.45) is 5.41 Å². The van der Waals surface area contributed by atoms with E-state index in [4.69, 9.17) is 46.9 Å². The van der Waals surface area contributed by atoms with Crippen LogP contribution in [-0.2, 0) is 15.9 Å². The van der Waals surface area contributed by atoms with E-state index in [-0.39, 0.29) is 34.6 Å². The van der Waals surface area contributed by atoms with Gasteiger partial charge in [0.05, 0.1) is 41.3 Å². The van der Waals surface area contributed by atoms with Crippen molar-refractivity contribution >= 4 is 29.0 Å². The number of nitrogens with zero attached hydrogens (tertiary/aromatic N) is 1. The quantitative estimate of drug-likeness (QED) is 0.673. The molecular formula is C20H19Cl2NO6.